The zero-order valence-corrected chi connectivity index (χ0v) is 19.4. The highest BCUT2D eigenvalue weighted by molar-refractivity contribution is 6.39. The standard InChI is InChI=1S/C28H23N3O5/c1-2-35-22-15-13-21(14-16-22)30-26(32)27(33)31-29-18-24-23-11-7-6-8-19(23)12-17-25(24)36-28(34)20-9-4-3-5-10-20/h3-18H,2H2,1H3,(H,30,32)(H,31,33)/b29-18+. The molecule has 180 valence electrons. The average Bonchev–Trinajstić information content (AvgIpc) is 2.91. The summed E-state index contributed by atoms with van der Waals surface area (Å²) < 4.78 is 11.0. The number of hydrogen-bond donors (Lipinski definition) is 2. The molecule has 4 aromatic rings. The van der Waals surface area contributed by atoms with Crippen molar-refractivity contribution in [2.24, 2.45) is 5.10 Å². The Bertz CT molecular complexity index is 1420. The van der Waals surface area contributed by atoms with Crippen LogP contribution < -0.4 is 20.2 Å². The average molecular weight is 482 g/mol. The van der Waals surface area contributed by atoms with E-state index in [9.17, 15) is 14.4 Å². The van der Waals surface area contributed by atoms with Gasteiger partial charge in [0.15, 0.2) is 0 Å². The highest BCUT2D eigenvalue weighted by Gasteiger charge is 2.15. The maximum atomic E-state index is 12.6. The number of carbonyl (C=O) groups is 3. The summed E-state index contributed by atoms with van der Waals surface area (Å²) in [6, 6.07) is 26.2. The third-order valence-corrected chi connectivity index (χ3v) is 5.13. The predicted molar refractivity (Wildman–Crippen MR) is 137 cm³/mol. The van der Waals surface area contributed by atoms with Crippen LogP contribution in [0.5, 0.6) is 11.5 Å². The van der Waals surface area contributed by atoms with Gasteiger partial charge in [0.05, 0.1) is 18.4 Å². The van der Waals surface area contributed by atoms with Crippen LogP contribution in [0.3, 0.4) is 0 Å². The van der Waals surface area contributed by atoms with Crippen molar-refractivity contribution in [3.63, 3.8) is 0 Å². The van der Waals surface area contributed by atoms with Crippen molar-refractivity contribution in [2.45, 2.75) is 6.92 Å². The van der Waals surface area contributed by atoms with Crippen LogP contribution in [0.15, 0.2) is 96.1 Å². The normalized spacial score (nSPS) is 10.7. The lowest BCUT2D eigenvalue weighted by atomic mass is 10.0. The fraction of sp³-hybridized carbons (Fsp3) is 0.0714. The summed E-state index contributed by atoms with van der Waals surface area (Å²) in [5.74, 6) is -1.45. The Labute approximate surface area is 207 Å². The molecule has 4 rings (SSSR count). The topological polar surface area (TPSA) is 106 Å². The maximum Gasteiger partial charge on any atom is 0.343 e. The fourth-order valence-electron chi connectivity index (χ4n) is 3.43. The Morgan fingerprint density at radius 3 is 2.31 bits per heavy atom. The van der Waals surface area contributed by atoms with Crippen LogP contribution in [0.4, 0.5) is 5.69 Å². The Kier molecular flexibility index (Phi) is 7.67. The fourth-order valence-corrected chi connectivity index (χ4v) is 3.43. The molecule has 0 saturated carbocycles. The highest BCUT2D eigenvalue weighted by Crippen LogP contribution is 2.27. The molecule has 8 nitrogen and oxygen atoms in total. The molecule has 0 aromatic heterocycles. The number of nitrogens with one attached hydrogen (secondary N) is 2. The van der Waals surface area contributed by atoms with Crippen molar-refractivity contribution in [2.75, 3.05) is 11.9 Å². The van der Waals surface area contributed by atoms with Gasteiger partial charge < -0.3 is 14.8 Å². The number of benzene rings is 4. The maximum absolute atomic E-state index is 12.6. The molecule has 0 heterocycles. The van der Waals surface area contributed by atoms with Crippen LogP contribution >= 0.6 is 0 Å². The molecule has 4 aromatic carbocycles. The molecule has 0 spiro atoms. The van der Waals surface area contributed by atoms with Crippen molar-refractivity contribution >= 4 is 40.5 Å². The van der Waals surface area contributed by atoms with Crippen molar-refractivity contribution in [1.29, 1.82) is 0 Å². The van der Waals surface area contributed by atoms with Gasteiger partial charge in [-0.25, -0.2) is 10.2 Å². The largest absolute Gasteiger partial charge is 0.494 e. The van der Waals surface area contributed by atoms with Gasteiger partial charge in [0, 0.05) is 11.3 Å². The molecule has 36 heavy (non-hydrogen) atoms. The summed E-state index contributed by atoms with van der Waals surface area (Å²) in [5, 5.41) is 8.08. The van der Waals surface area contributed by atoms with Crippen LogP contribution in [0.1, 0.15) is 22.8 Å². The van der Waals surface area contributed by atoms with E-state index in [1.807, 2.05) is 37.3 Å². The number of anilines is 1. The van der Waals surface area contributed by atoms with E-state index in [2.05, 4.69) is 15.8 Å². The van der Waals surface area contributed by atoms with E-state index in [0.717, 1.165) is 10.8 Å². The molecule has 0 aliphatic heterocycles. The lowest BCUT2D eigenvalue weighted by Gasteiger charge is -2.10. The first kappa shape index (κ1) is 24.2. The van der Waals surface area contributed by atoms with Crippen molar-refractivity contribution < 1.29 is 23.9 Å². The first-order valence-electron chi connectivity index (χ1n) is 11.2. The van der Waals surface area contributed by atoms with Crippen molar-refractivity contribution in [1.82, 2.24) is 5.43 Å². The van der Waals surface area contributed by atoms with Gasteiger partial charge in [-0.05, 0) is 60.2 Å². The Balaban J connectivity index is 1.49. The van der Waals surface area contributed by atoms with Crippen LogP contribution in [-0.4, -0.2) is 30.6 Å². The molecule has 0 fully saturated rings. The molecule has 0 bridgehead atoms. The second-order valence-electron chi connectivity index (χ2n) is 7.56. The van der Waals surface area contributed by atoms with Crippen LogP contribution in [0.25, 0.3) is 10.8 Å². The molecule has 0 atom stereocenters. The minimum absolute atomic E-state index is 0.263. The molecular weight excluding hydrogens is 458 g/mol. The Morgan fingerprint density at radius 2 is 1.56 bits per heavy atom. The van der Waals surface area contributed by atoms with E-state index in [0.29, 0.717) is 29.2 Å². The summed E-state index contributed by atoms with van der Waals surface area (Å²) in [7, 11) is 0. The number of carbonyl (C=O) groups excluding carboxylic acids is 3. The van der Waals surface area contributed by atoms with E-state index >= 15 is 0 Å². The van der Waals surface area contributed by atoms with E-state index < -0.39 is 17.8 Å². The molecule has 2 N–H and O–H groups in total. The number of hydrazone groups is 1. The molecule has 8 heteroatoms. The lowest BCUT2D eigenvalue weighted by molar-refractivity contribution is -0.136. The summed E-state index contributed by atoms with van der Waals surface area (Å²) in [4.78, 5) is 37.1. The zero-order chi connectivity index (χ0) is 25.3. The third-order valence-electron chi connectivity index (χ3n) is 5.13. The number of rotatable bonds is 7. The van der Waals surface area contributed by atoms with Crippen LogP contribution in [-0.2, 0) is 9.59 Å². The molecule has 0 aliphatic carbocycles. The molecular formula is C28H23N3O5. The van der Waals surface area contributed by atoms with Gasteiger partial charge in [0.1, 0.15) is 11.5 Å². The minimum atomic E-state index is -0.955. The number of fused-ring (bicyclic) bond motifs is 1. The molecule has 2 amide bonds. The summed E-state index contributed by atoms with van der Waals surface area (Å²) in [6.45, 7) is 2.39. The van der Waals surface area contributed by atoms with E-state index in [-0.39, 0.29) is 5.75 Å². The first-order chi connectivity index (χ1) is 17.5. The van der Waals surface area contributed by atoms with E-state index in [1.165, 1.54) is 6.21 Å². The van der Waals surface area contributed by atoms with Gasteiger partial charge in [-0.2, -0.15) is 5.10 Å². The smallest absolute Gasteiger partial charge is 0.343 e. The summed E-state index contributed by atoms with van der Waals surface area (Å²) in [5.41, 5.74) is 3.52. The second kappa shape index (κ2) is 11.4. The van der Waals surface area contributed by atoms with E-state index in [1.54, 1.807) is 60.7 Å². The Hall–Kier alpha value is -4.98. The third kappa shape index (κ3) is 5.92. The molecule has 0 aliphatic rings. The number of esters is 1. The zero-order valence-electron chi connectivity index (χ0n) is 19.4. The number of ether oxygens (including phenoxy) is 2. The minimum Gasteiger partial charge on any atom is -0.494 e. The van der Waals surface area contributed by atoms with Gasteiger partial charge in [-0.15, -0.1) is 0 Å². The number of hydrogen-bond acceptors (Lipinski definition) is 6. The molecule has 0 saturated heterocycles. The van der Waals surface area contributed by atoms with Gasteiger partial charge in [-0.1, -0.05) is 48.5 Å². The number of nitrogens with zero attached hydrogens (tertiary/aromatic N) is 1. The van der Waals surface area contributed by atoms with Gasteiger partial charge in [0.25, 0.3) is 0 Å². The lowest BCUT2D eigenvalue weighted by Crippen LogP contribution is -2.32. The SMILES string of the molecule is CCOc1ccc(NC(=O)C(=O)N/N=C/c2c(OC(=O)c3ccccc3)ccc3ccccc23)cc1. The van der Waals surface area contributed by atoms with Gasteiger partial charge in [-0.3, -0.25) is 9.59 Å². The van der Waals surface area contributed by atoms with Crippen LogP contribution in [0.2, 0.25) is 0 Å². The van der Waals surface area contributed by atoms with E-state index in [4.69, 9.17) is 9.47 Å². The quantitative estimate of drug-likeness (QED) is 0.132. The summed E-state index contributed by atoms with van der Waals surface area (Å²) >= 11 is 0. The van der Waals surface area contributed by atoms with Crippen LogP contribution in [0, 0.1) is 0 Å². The monoisotopic (exact) mass is 481 g/mol. The second-order valence-corrected chi connectivity index (χ2v) is 7.56. The number of amides is 2. The van der Waals surface area contributed by atoms with Gasteiger partial charge in [0.2, 0.25) is 0 Å². The predicted octanol–water partition coefficient (Wildman–Crippen LogP) is 4.55. The van der Waals surface area contributed by atoms with Gasteiger partial charge >= 0.3 is 17.8 Å². The molecule has 0 unspecified atom stereocenters. The highest BCUT2D eigenvalue weighted by atomic mass is 16.5. The first-order valence-corrected chi connectivity index (χ1v) is 11.2. The van der Waals surface area contributed by atoms with Crippen molar-refractivity contribution in [3.8, 4) is 11.5 Å². The molecule has 0 radical (unpaired) electrons. The van der Waals surface area contributed by atoms with Crippen molar-refractivity contribution in [3.05, 3.63) is 102 Å². The summed E-state index contributed by atoms with van der Waals surface area (Å²) in [6.07, 6.45) is 1.35. The Morgan fingerprint density at radius 1 is 0.833 bits per heavy atom.